The Morgan fingerprint density at radius 3 is 2.30 bits per heavy atom. The Morgan fingerprint density at radius 1 is 1.00 bits per heavy atom. The van der Waals surface area contributed by atoms with Gasteiger partial charge in [0.25, 0.3) is 0 Å². The van der Waals surface area contributed by atoms with Gasteiger partial charge in [-0.15, -0.1) is 0 Å². The van der Waals surface area contributed by atoms with Gasteiger partial charge in [-0.3, -0.25) is 4.79 Å². The molecule has 2 aromatic carbocycles. The molecule has 0 aromatic heterocycles. The van der Waals surface area contributed by atoms with E-state index in [0.29, 0.717) is 16.5 Å². The van der Waals surface area contributed by atoms with Gasteiger partial charge in [-0.25, -0.2) is 0 Å². The fraction of sp³-hybridized carbons (Fsp3) is 0.211. The number of allylic oxidation sites excluding steroid dienone is 2. The number of nitrogens with one attached hydrogen (secondary N) is 1. The highest BCUT2D eigenvalue weighted by Crippen LogP contribution is 2.33. The SMILES string of the molecule is Cc1ccc([C@H]2CC(=O)C=C(Nc3cc(Cl)cc(Cl)c3)C2)cc1. The Balaban J connectivity index is 1.79. The summed E-state index contributed by atoms with van der Waals surface area (Å²) in [4.78, 5) is 12.1. The van der Waals surface area contributed by atoms with E-state index in [0.717, 1.165) is 17.8 Å². The van der Waals surface area contributed by atoms with Gasteiger partial charge in [-0.1, -0.05) is 53.0 Å². The van der Waals surface area contributed by atoms with Crippen molar-refractivity contribution in [3.05, 3.63) is 75.4 Å². The zero-order valence-electron chi connectivity index (χ0n) is 12.8. The van der Waals surface area contributed by atoms with Gasteiger partial charge in [0.05, 0.1) is 0 Å². The van der Waals surface area contributed by atoms with Crippen LogP contribution in [0.2, 0.25) is 10.0 Å². The van der Waals surface area contributed by atoms with E-state index >= 15 is 0 Å². The summed E-state index contributed by atoms with van der Waals surface area (Å²) in [7, 11) is 0. The number of benzene rings is 2. The predicted molar refractivity (Wildman–Crippen MR) is 96.3 cm³/mol. The van der Waals surface area contributed by atoms with Crippen molar-refractivity contribution in [2.75, 3.05) is 5.32 Å². The van der Waals surface area contributed by atoms with Crippen LogP contribution in [0.4, 0.5) is 5.69 Å². The molecule has 3 rings (SSSR count). The number of hydrogen-bond acceptors (Lipinski definition) is 2. The summed E-state index contributed by atoms with van der Waals surface area (Å²) in [5.74, 6) is 0.336. The number of hydrogen-bond donors (Lipinski definition) is 1. The predicted octanol–water partition coefficient (Wildman–Crippen LogP) is 5.74. The van der Waals surface area contributed by atoms with Gasteiger partial charge >= 0.3 is 0 Å². The van der Waals surface area contributed by atoms with Crippen molar-refractivity contribution in [3.63, 3.8) is 0 Å². The molecule has 2 nitrogen and oxygen atoms in total. The van der Waals surface area contributed by atoms with Crippen molar-refractivity contribution in [2.45, 2.75) is 25.7 Å². The quantitative estimate of drug-likeness (QED) is 0.767. The van der Waals surface area contributed by atoms with Gasteiger partial charge < -0.3 is 5.32 Å². The monoisotopic (exact) mass is 345 g/mol. The summed E-state index contributed by atoms with van der Waals surface area (Å²) in [6.45, 7) is 2.06. The maximum absolute atomic E-state index is 12.1. The number of carbonyl (C=O) groups is 1. The van der Waals surface area contributed by atoms with Crippen LogP contribution in [0.3, 0.4) is 0 Å². The molecule has 1 N–H and O–H groups in total. The number of rotatable bonds is 3. The van der Waals surface area contributed by atoms with Crippen molar-refractivity contribution in [1.29, 1.82) is 0 Å². The number of carbonyl (C=O) groups excluding carboxylic acids is 1. The molecule has 0 saturated carbocycles. The molecule has 0 spiro atoms. The van der Waals surface area contributed by atoms with Crippen molar-refractivity contribution < 1.29 is 4.79 Å². The Hall–Kier alpha value is -1.77. The standard InChI is InChI=1S/C19H17Cl2NO/c1-12-2-4-13(5-3-12)14-6-17(11-19(23)7-14)22-18-9-15(20)8-16(21)10-18/h2-5,8-11,14,22H,6-7H2,1H3/t14-/m1/s1. The summed E-state index contributed by atoms with van der Waals surface area (Å²) >= 11 is 12.1. The Kier molecular flexibility index (Phi) is 4.74. The maximum Gasteiger partial charge on any atom is 0.158 e. The molecule has 118 valence electrons. The number of halogens is 2. The molecule has 23 heavy (non-hydrogen) atoms. The third-order valence-corrected chi connectivity index (χ3v) is 4.40. The molecule has 0 unspecified atom stereocenters. The molecular weight excluding hydrogens is 329 g/mol. The normalized spacial score (nSPS) is 17.8. The average Bonchev–Trinajstić information content (AvgIpc) is 2.46. The van der Waals surface area contributed by atoms with Crippen LogP contribution in [0.15, 0.2) is 54.2 Å². The summed E-state index contributed by atoms with van der Waals surface area (Å²) in [5, 5.41) is 4.41. The van der Waals surface area contributed by atoms with Crippen molar-refractivity contribution >= 4 is 34.7 Å². The second-order valence-electron chi connectivity index (χ2n) is 5.93. The van der Waals surface area contributed by atoms with E-state index in [1.807, 2.05) is 0 Å². The third kappa shape index (κ3) is 4.15. The second-order valence-corrected chi connectivity index (χ2v) is 6.81. The van der Waals surface area contributed by atoms with E-state index in [2.05, 4.69) is 36.5 Å². The van der Waals surface area contributed by atoms with E-state index in [4.69, 9.17) is 23.2 Å². The van der Waals surface area contributed by atoms with Crippen LogP contribution >= 0.6 is 23.2 Å². The fourth-order valence-corrected chi connectivity index (χ4v) is 3.39. The first-order valence-electron chi connectivity index (χ1n) is 7.53. The lowest BCUT2D eigenvalue weighted by Crippen LogP contribution is -2.16. The summed E-state index contributed by atoms with van der Waals surface area (Å²) in [6.07, 6.45) is 3.02. The first kappa shape index (κ1) is 16.1. The van der Waals surface area contributed by atoms with Gasteiger partial charge in [0.2, 0.25) is 0 Å². The van der Waals surface area contributed by atoms with Crippen LogP contribution < -0.4 is 5.32 Å². The Labute approximate surface area is 146 Å². The molecule has 1 aliphatic carbocycles. The van der Waals surface area contributed by atoms with Crippen LogP contribution in [0, 0.1) is 6.92 Å². The summed E-state index contributed by atoms with van der Waals surface area (Å²) < 4.78 is 0. The molecule has 4 heteroatoms. The van der Waals surface area contributed by atoms with E-state index in [1.165, 1.54) is 11.1 Å². The smallest absolute Gasteiger partial charge is 0.158 e. The molecule has 0 fully saturated rings. The van der Waals surface area contributed by atoms with E-state index < -0.39 is 0 Å². The third-order valence-electron chi connectivity index (χ3n) is 3.97. The molecule has 0 aliphatic heterocycles. The van der Waals surface area contributed by atoms with E-state index in [9.17, 15) is 4.79 Å². The number of anilines is 1. The van der Waals surface area contributed by atoms with Crippen LogP contribution in [0.25, 0.3) is 0 Å². The van der Waals surface area contributed by atoms with Gasteiger partial charge in [0, 0.05) is 33.9 Å². The lowest BCUT2D eigenvalue weighted by Gasteiger charge is -2.23. The van der Waals surface area contributed by atoms with Gasteiger partial charge in [-0.05, 0) is 43.0 Å². The van der Waals surface area contributed by atoms with Gasteiger partial charge in [0.1, 0.15) is 0 Å². The second kappa shape index (κ2) is 6.77. The van der Waals surface area contributed by atoms with E-state index in [-0.39, 0.29) is 11.7 Å². The maximum atomic E-state index is 12.1. The van der Waals surface area contributed by atoms with Crippen LogP contribution in [0.1, 0.15) is 29.9 Å². The largest absolute Gasteiger partial charge is 0.359 e. The van der Waals surface area contributed by atoms with Gasteiger partial charge in [0.15, 0.2) is 5.78 Å². The zero-order chi connectivity index (χ0) is 16.4. The molecule has 1 aliphatic rings. The van der Waals surface area contributed by atoms with Crippen molar-refractivity contribution in [1.82, 2.24) is 0 Å². The molecule has 0 amide bonds. The van der Waals surface area contributed by atoms with Crippen LogP contribution in [-0.2, 0) is 4.79 Å². The Bertz CT molecular complexity index is 745. The van der Waals surface area contributed by atoms with Crippen LogP contribution in [0.5, 0.6) is 0 Å². The molecule has 0 heterocycles. The fourth-order valence-electron chi connectivity index (χ4n) is 2.87. The minimum absolute atomic E-state index is 0.137. The molecule has 0 bridgehead atoms. The lowest BCUT2D eigenvalue weighted by atomic mass is 9.85. The Morgan fingerprint density at radius 2 is 1.65 bits per heavy atom. The highest BCUT2D eigenvalue weighted by atomic mass is 35.5. The topological polar surface area (TPSA) is 29.1 Å². The van der Waals surface area contributed by atoms with Gasteiger partial charge in [-0.2, -0.15) is 0 Å². The highest BCUT2D eigenvalue weighted by Gasteiger charge is 2.22. The molecular formula is C19H17Cl2NO. The summed E-state index contributed by atoms with van der Waals surface area (Å²) in [6, 6.07) is 13.7. The van der Waals surface area contributed by atoms with Crippen molar-refractivity contribution in [2.24, 2.45) is 0 Å². The number of ketones is 1. The zero-order valence-corrected chi connectivity index (χ0v) is 14.3. The minimum atomic E-state index is 0.137. The molecule has 0 saturated heterocycles. The molecule has 0 radical (unpaired) electrons. The highest BCUT2D eigenvalue weighted by molar-refractivity contribution is 6.35. The lowest BCUT2D eigenvalue weighted by molar-refractivity contribution is -0.115. The number of aryl methyl sites for hydroxylation is 1. The first-order valence-corrected chi connectivity index (χ1v) is 8.28. The van der Waals surface area contributed by atoms with E-state index in [1.54, 1.807) is 24.3 Å². The first-order chi connectivity index (χ1) is 11.0. The average molecular weight is 346 g/mol. The van der Waals surface area contributed by atoms with Crippen LogP contribution in [-0.4, -0.2) is 5.78 Å². The summed E-state index contributed by atoms with van der Waals surface area (Å²) in [5.41, 5.74) is 4.11. The van der Waals surface area contributed by atoms with Crippen molar-refractivity contribution in [3.8, 4) is 0 Å². The minimum Gasteiger partial charge on any atom is -0.359 e. The molecule has 1 atom stereocenters. The molecule has 2 aromatic rings.